The van der Waals surface area contributed by atoms with E-state index in [-0.39, 0.29) is 31.1 Å². The summed E-state index contributed by atoms with van der Waals surface area (Å²) in [5.74, 6) is -0.863. The minimum Gasteiger partial charge on any atom is -0.462 e. The minimum atomic E-state index is -0.769. The first kappa shape index (κ1) is 67.6. The van der Waals surface area contributed by atoms with Gasteiger partial charge >= 0.3 is 17.9 Å². The Morgan fingerprint density at radius 3 is 0.800 bits per heavy atom. The van der Waals surface area contributed by atoms with Crippen LogP contribution in [0, 0.1) is 0 Å². The summed E-state index contributed by atoms with van der Waals surface area (Å²) in [6.45, 7) is 6.63. The monoisotopic (exact) mass is 983 g/mol. The number of hydrogen-bond acceptors (Lipinski definition) is 6. The molecule has 0 aromatic heterocycles. The van der Waals surface area contributed by atoms with Crippen LogP contribution in [0.4, 0.5) is 0 Å². The van der Waals surface area contributed by atoms with Crippen molar-refractivity contribution in [3.8, 4) is 0 Å². The Labute approximate surface area is 435 Å². The standard InChI is InChI=1S/C64H118O6/c1-4-7-10-13-16-18-20-22-24-26-28-29-30-31-32-33-34-35-36-38-39-41-43-45-48-51-54-57-63(66)69-60-61(59-68-62(65)56-53-50-47-15-12-9-6-3)70-64(67)58-55-52-49-46-44-42-40-37-27-25-23-21-19-17-14-11-8-5-2/h20,22,25-28,61H,4-19,21,23-24,29-60H2,1-3H3/b22-20-,27-25-,28-26-. The number of rotatable bonds is 57. The Hall–Kier alpha value is -2.37. The van der Waals surface area contributed by atoms with Crippen LogP contribution in [0.3, 0.4) is 0 Å². The predicted molar refractivity (Wildman–Crippen MR) is 302 cm³/mol. The van der Waals surface area contributed by atoms with Gasteiger partial charge in [-0.2, -0.15) is 0 Å². The van der Waals surface area contributed by atoms with Crippen LogP contribution in [0.5, 0.6) is 0 Å². The van der Waals surface area contributed by atoms with Gasteiger partial charge in [0.05, 0.1) is 0 Å². The zero-order valence-electron chi connectivity index (χ0n) is 47.1. The lowest BCUT2D eigenvalue weighted by Gasteiger charge is -2.18. The van der Waals surface area contributed by atoms with Crippen LogP contribution >= 0.6 is 0 Å². The largest absolute Gasteiger partial charge is 0.462 e. The molecule has 0 aliphatic heterocycles. The van der Waals surface area contributed by atoms with Crippen LogP contribution in [-0.4, -0.2) is 37.2 Å². The van der Waals surface area contributed by atoms with Gasteiger partial charge < -0.3 is 14.2 Å². The Morgan fingerprint density at radius 2 is 0.514 bits per heavy atom. The third kappa shape index (κ3) is 56.5. The fourth-order valence-corrected chi connectivity index (χ4v) is 9.18. The molecule has 1 unspecified atom stereocenters. The number of allylic oxidation sites excluding steroid dienone is 6. The molecule has 0 aromatic carbocycles. The smallest absolute Gasteiger partial charge is 0.306 e. The first-order valence-electron chi connectivity index (χ1n) is 31.0. The maximum Gasteiger partial charge on any atom is 0.306 e. The fourth-order valence-electron chi connectivity index (χ4n) is 9.18. The van der Waals surface area contributed by atoms with Gasteiger partial charge in [-0.1, -0.05) is 276 Å². The third-order valence-corrected chi connectivity index (χ3v) is 13.9. The summed E-state index contributed by atoms with van der Waals surface area (Å²) < 4.78 is 16.8. The van der Waals surface area contributed by atoms with Crippen molar-refractivity contribution >= 4 is 17.9 Å². The highest BCUT2D eigenvalue weighted by molar-refractivity contribution is 5.71. The zero-order chi connectivity index (χ0) is 50.7. The Kier molecular flexibility index (Phi) is 57.2. The van der Waals surface area contributed by atoms with E-state index in [9.17, 15) is 14.4 Å². The molecule has 0 saturated heterocycles. The van der Waals surface area contributed by atoms with Gasteiger partial charge in [-0.05, 0) is 77.0 Å². The molecule has 6 heteroatoms. The SMILES string of the molecule is CCCCCCC/C=C\C/C=C\CCCCCCCCCCCCCCCCCC(=O)OCC(COC(=O)CCCCCCCCC)OC(=O)CCCCCCCCC/C=C\CCCCCCCCC. The summed E-state index contributed by atoms with van der Waals surface area (Å²) in [7, 11) is 0. The van der Waals surface area contributed by atoms with Gasteiger partial charge in [0.15, 0.2) is 6.10 Å². The normalized spacial score (nSPS) is 12.2. The molecule has 0 fully saturated rings. The van der Waals surface area contributed by atoms with Crippen LogP contribution < -0.4 is 0 Å². The minimum absolute atomic E-state index is 0.0702. The number of esters is 3. The summed E-state index contributed by atoms with van der Waals surface area (Å²) in [6, 6.07) is 0. The molecule has 0 aliphatic rings. The van der Waals surface area contributed by atoms with Gasteiger partial charge in [-0.15, -0.1) is 0 Å². The van der Waals surface area contributed by atoms with Crippen LogP contribution in [0.25, 0.3) is 0 Å². The number of unbranched alkanes of at least 4 members (excludes halogenated alkanes) is 40. The van der Waals surface area contributed by atoms with E-state index in [2.05, 4.69) is 57.2 Å². The van der Waals surface area contributed by atoms with Crippen LogP contribution in [0.2, 0.25) is 0 Å². The lowest BCUT2D eigenvalue weighted by molar-refractivity contribution is -0.167. The van der Waals surface area contributed by atoms with E-state index in [0.29, 0.717) is 19.3 Å². The molecule has 0 heterocycles. The van der Waals surface area contributed by atoms with E-state index in [4.69, 9.17) is 14.2 Å². The van der Waals surface area contributed by atoms with Crippen molar-refractivity contribution in [3.63, 3.8) is 0 Å². The third-order valence-electron chi connectivity index (χ3n) is 13.9. The van der Waals surface area contributed by atoms with Crippen molar-refractivity contribution in [2.24, 2.45) is 0 Å². The highest BCUT2D eigenvalue weighted by atomic mass is 16.6. The Balaban J connectivity index is 4.08. The molecule has 0 radical (unpaired) electrons. The fraction of sp³-hybridized carbons (Fsp3) is 0.859. The van der Waals surface area contributed by atoms with Crippen molar-refractivity contribution in [2.45, 2.75) is 341 Å². The molecule has 0 bridgehead atoms. The summed E-state index contributed by atoms with van der Waals surface area (Å²) >= 11 is 0. The second-order valence-corrected chi connectivity index (χ2v) is 21.0. The van der Waals surface area contributed by atoms with Crippen molar-refractivity contribution in [1.29, 1.82) is 0 Å². The molecule has 70 heavy (non-hydrogen) atoms. The van der Waals surface area contributed by atoms with Gasteiger partial charge in [0.25, 0.3) is 0 Å². The molecule has 0 rings (SSSR count). The Bertz CT molecular complexity index is 1170. The average molecular weight is 984 g/mol. The maximum absolute atomic E-state index is 12.8. The summed E-state index contributed by atoms with van der Waals surface area (Å²) in [4.78, 5) is 38.0. The van der Waals surface area contributed by atoms with Gasteiger partial charge in [-0.3, -0.25) is 14.4 Å². The molecule has 0 aromatic rings. The predicted octanol–water partition coefficient (Wildman–Crippen LogP) is 20.8. The van der Waals surface area contributed by atoms with Gasteiger partial charge in [-0.25, -0.2) is 0 Å². The van der Waals surface area contributed by atoms with Gasteiger partial charge in [0.2, 0.25) is 0 Å². The van der Waals surface area contributed by atoms with E-state index < -0.39 is 6.10 Å². The molecule has 0 amide bonds. The molecule has 1 atom stereocenters. The molecular formula is C64H118O6. The van der Waals surface area contributed by atoms with E-state index in [0.717, 1.165) is 64.2 Å². The lowest BCUT2D eigenvalue weighted by atomic mass is 10.0. The van der Waals surface area contributed by atoms with E-state index >= 15 is 0 Å². The molecule has 0 saturated carbocycles. The van der Waals surface area contributed by atoms with E-state index in [1.807, 2.05) is 0 Å². The molecule has 0 N–H and O–H groups in total. The van der Waals surface area contributed by atoms with Crippen LogP contribution in [0.15, 0.2) is 36.5 Å². The van der Waals surface area contributed by atoms with Crippen molar-refractivity contribution in [3.05, 3.63) is 36.5 Å². The molecule has 0 spiro atoms. The molecule has 6 nitrogen and oxygen atoms in total. The highest BCUT2D eigenvalue weighted by Gasteiger charge is 2.19. The topological polar surface area (TPSA) is 78.9 Å². The summed E-state index contributed by atoms with van der Waals surface area (Å²) in [5.41, 5.74) is 0. The second kappa shape index (κ2) is 59.2. The quantitative estimate of drug-likeness (QED) is 0.0261. The second-order valence-electron chi connectivity index (χ2n) is 21.0. The van der Waals surface area contributed by atoms with Crippen LogP contribution in [0.1, 0.15) is 335 Å². The van der Waals surface area contributed by atoms with Gasteiger partial charge in [0.1, 0.15) is 13.2 Å². The van der Waals surface area contributed by atoms with Crippen molar-refractivity contribution < 1.29 is 28.6 Å². The highest BCUT2D eigenvalue weighted by Crippen LogP contribution is 2.17. The first-order chi connectivity index (χ1) is 34.5. The summed E-state index contributed by atoms with van der Waals surface area (Å²) in [6.07, 6.45) is 71.7. The lowest BCUT2D eigenvalue weighted by Crippen LogP contribution is -2.30. The van der Waals surface area contributed by atoms with E-state index in [1.165, 1.54) is 231 Å². The van der Waals surface area contributed by atoms with E-state index in [1.54, 1.807) is 0 Å². The van der Waals surface area contributed by atoms with Crippen molar-refractivity contribution in [2.75, 3.05) is 13.2 Å². The Morgan fingerprint density at radius 1 is 0.286 bits per heavy atom. The number of carbonyl (C=O) groups is 3. The maximum atomic E-state index is 12.8. The first-order valence-corrected chi connectivity index (χ1v) is 31.0. The summed E-state index contributed by atoms with van der Waals surface area (Å²) in [5, 5.41) is 0. The number of hydrogen-bond donors (Lipinski definition) is 0. The average Bonchev–Trinajstić information content (AvgIpc) is 3.36. The van der Waals surface area contributed by atoms with Crippen LogP contribution in [-0.2, 0) is 28.6 Å². The molecule has 0 aliphatic carbocycles. The van der Waals surface area contributed by atoms with Crippen molar-refractivity contribution in [1.82, 2.24) is 0 Å². The zero-order valence-corrected chi connectivity index (χ0v) is 47.1. The van der Waals surface area contributed by atoms with Gasteiger partial charge in [0, 0.05) is 19.3 Å². The number of carbonyl (C=O) groups excluding carboxylic acids is 3. The number of ether oxygens (including phenoxy) is 3. The molecular weight excluding hydrogens is 865 g/mol. The molecule has 410 valence electrons.